The lowest BCUT2D eigenvalue weighted by molar-refractivity contribution is -0.0384. The first kappa shape index (κ1) is 22.7. The quantitative estimate of drug-likeness (QED) is 0.495. The summed E-state index contributed by atoms with van der Waals surface area (Å²) in [6.45, 7) is 2.04. The average Bonchev–Trinajstić information content (AvgIpc) is 3.25. The molecule has 4 rings (SSSR count). The van der Waals surface area contributed by atoms with Gasteiger partial charge in [-0.25, -0.2) is 27.5 Å². The van der Waals surface area contributed by atoms with Crippen molar-refractivity contribution in [2.45, 2.75) is 44.4 Å². The van der Waals surface area contributed by atoms with Gasteiger partial charge in [-0.1, -0.05) is 0 Å². The van der Waals surface area contributed by atoms with Gasteiger partial charge in [0.05, 0.1) is 24.1 Å². The van der Waals surface area contributed by atoms with Crippen molar-refractivity contribution >= 4 is 11.6 Å². The number of alkyl halides is 2. The number of halogens is 4. The fourth-order valence-corrected chi connectivity index (χ4v) is 3.79. The second-order valence-corrected chi connectivity index (χ2v) is 7.65. The number of nitrogens with zero attached hydrogens (tertiary/aromatic N) is 3. The highest BCUT2D eigenvalue weighted by molar-refractivity contribution is 6.04. The zero-order valence-corrected chi connectivity index (χ0v) is 17.6. The highest BCUT2D eigenvalue weighted by Crippen LogP contribution is 2.44. The van der Waals surface area contributed by atoms with E-state index in [1.54, 1.807) is 6.92 Å². The standard InChI is InChI=1S/C22H20F4N4O3/c1-2-32-17-10-16(33-30-17)21(31)29-20-18(12-5-7-22(25,26)8-6-12)27-11-28-19(20)14-9-13(23)3-4-15(14)24/h3-4,9-12H,2,5-8H2,1H3,(H,29,31). The Kier molecular flexibility index (Phi) is 6.30. The average molecular weight is 464 g/mol. The van der Waals surface area contributed by atoms with Crippen LogP contribution in [-0.4, -0.2) is 33.6 Å². The third-order valence-corrected chi connectivity index (χ3v) is 5.41. The first-order valence-electron chi connectivity index (χ1n) is 10.4. The van der Waals surface area contributed by atoms with Crippen LogP contribution in [0.25, 0.3) is 11.3 Å². The van der Waals surface area contributed by atoms with Crippen LogP contribution in [0.15, 0.2) is 35.1 Å². The SMILES string of the molecule is CCOc1cc(C(=O)Nc2c(-c3cc(F)ccc3F)ncnc2C2CCC(F)(F)CC2)on1. The number of nitrogens with one attached hydrogen (secondary N) is 1. The van der Waals surface area contributed by atoms with Crippen LogP contribution < -0.4 is 10.1 Å². The highest BCUT2D eigenvalue weighted by atomic mass is 19.3. The van der Waals surface area contributed by atoms with Crippen LogP contribution in [0, 0.1) is 11.6 Å². The zero-order valence-electron chi connectivity index (χ0n) is 17.6. The minimum Gasteiger partial charge on any atom is -0.476 e. The highest BCUT2D eigenvalue weighted by Gasteiger charge is 2.37. The van der Waals surface area contributed by atoms with Crippen molar-refractivity contribution in [2.75, 3.05) is 11.9 Å². The number of carbonyl (C=O) groups is 1. The van der Waals surface area contributed by atoms with E-state index in [1.165, 1.54) is 6.07 Å². The summed E-state index contributed by atoms with van der Waals surface area (Å²) in [7, 11) is 0. The molecule has 1 amide bonds. The first-order chi connectivity index (χ1) is 15.8. The molecule has 1 saturated carbocycles. The van der Waals surface area contributed by atoms with Crippen LogP contribution in [0.5, 0.6) is 5.88 Å². The number of hydrogen-bond acceptors (Lipinski definition) is 6. The molecule has 0 saturated heterocycles. The third kappa shape index (κ3) is 4.96. The third-order valence-electron chi connectivity index (χ3n) is 5.41. The molecule has 33 heavy (non-hydrogen) atoms. The van der Waals surface area contributed by atoms with Gasteiger partial charge in [-0.2, -0.15) is 0 Å². The van der Waals surface area contributed by atoms with Crippen LogP contribution in [0.2, 0.25) is 0 Å². The molecule has 1 aliphatic rings. The van der Waals surface area contributed by atoms with Crippen LogP contribution in [-0.2, 0) is 0 Å². The predicted octanol–water partition coefficient (Wildman–Crippen LogP) is 5.35. The Morgan fingerprint density at radius 3 is 2.70 bits per heavy atom. The van der Waals surface area contributed by atoms with E-state index in [-0.39, 0.29) is 60.0 Å². The fraction of sp³-hybridized carbons (Fsp3) is 0.364. The molecule has 0 unspecified atom stereocenters. The summed E-state index contributed by atoms with van der Waals surface area (Å²) in [5.74, 6) is -5.56. The van der Waals surface area contributed by atoms with Crippen molar-refractivity contribution in [1.82, 2.24) is 15.1 Å². The van der Waals surface area contributed by atoms with Crippen LogP contribution in [0.4, 0.5) is 23.2 Å². The molecule has 0 atom stereocenters. The largest absolute Gasteiger partial charge is 0.476 e. The molecular weight excluding hydrogens is 444 g/mol. The van der Waals surface area contributed by atoms with Gasteiger partial charge in [0.15, 0.2) is 0 Å². The molecule has 2 heterocycles. The van der Waals surface area contributed by atoms with Gasteiger partial charge in [0.2, 0.25) is 11.7 Å². The molecule has 1 fully saturated rings. The fourth-order valence-electron chi connectivity index (χ4n) is 3.79. The summed E-state index contributed by atoms with van der Waals surface area (Å²) in [5.41, 5.74) is -0.0245. The van der Waals surface area contributed by atoms with Gasteiger partial charge in [-0.05, 0) is 43.1 Å². The monoisotopic (exact) mass is 464 g/mol. The van der Waals surface area contributed by atoms with Crippen LogP contribution >= 0.6 is 0 Å². The molecule has 0 aliphatic heterocycles. The first-order valence-corrected chi connectivity index (χ1v) is 10.4. The van der Waals surface area contributed by atoms with E-state index in [0.717, 1.165) is 24.5 Å². The van der Waals surface area contributed by atoms with Gasteiger partial charge >= 0.3 is 0 Å². The number of aromatic nitrogens is 3. The zero-order chi connectivity index (χ0) is 23.6. The molecule has 1 N–H and O–H groups in total. The van der Waals surface area contributed by atoms with E-state index in [0.29, 0.717) is 6.61 Å². The molecule has 3 aromatic rings. The Bertz CT molecular complexity index is 1160. The summed E-state index contributed by atoms with van der Waals surface area (Å²) < 4.78 is 66.0. The smallest absolute Gasteiger partial charge is 0.294 e. The molecule has 2 aromatic heterocycles. The molecule has 1 aromatic carbocycles. The van der Waals surface area contributed by atoms with Crippen molar-refractivity contribution < 1.29 is 31.6 Å². The summed E-state index contributed by atoms with van der Waals surface area (Å²) in [6.07, 6.45) is 0.652. The Labute approximate surface area is 186 Å². The van der Waals surface area contributed by atoms with E-state index in [9.17, 15) is 22.4 Å². The number of carbonyl (C=O) groups excluding carboxylic acids is 1. The van der Waals surface area contributed by atoms with Gasteiger partial charge in [0, 0.05) is 24.3 Å². The number of amides is 1. The summed E-state index contributed by atoms with van der Waals surface area (Å²) in [6, 6.07) is 4.09. The lowest BCUT2D eigenvalue weighted by Gasteiger charge is -2.29. The molecular formula is C22H20F4N4O3. The minimum atomic E-state index is -2.78. The van der Waals surface area contributed by atoms with E-state index in [2.05, 4.69) is 20.4 Å². The van der Waals surface area contributed by atoms with E-state index in [4.69, 9.17) is 9.26 Å². The van der Waals surface area contributed by atoms with Crippen molar-refractivity contribution in [1.29, 1.82) is 0 Å². The summed E-state index contributed by atoms with van der Waals surface area (Å²) >= 11 is 0. The van der Waals surface area contributed by atoms with E-state index < -0.39 is 29.4 Å². The maximum absolute atomic E-state index is 14.6. The Balaban J connectivity index is 1.75. The number of hydrogen-bond donors (Lipinski definition) is 1. The lowest BCUT2D eigenvalue weighted by atomic mass is 9.83. The Morgan fingerprint density at radius 1 is 1.21 bits per heavy atom. The number of benzene rings is 1. The number of ether oxygens (including phenoxy) is 1. The van der Waals surface area contributed by atoms with E-state index in [1.807, 2.05) is 0 Å². The molecule has 11 heteroatoms. The van der Waals surface area contributed by atoms with Gasteiger partial charge < -0.3 is 14.6 Å². The predicted molar refractivity (Wildman–Crippen MR) is 109 cm³/mol. The van der Waals surface area contributed by atoms with Crippen molar-refractivity contribution in [3.8, 4) is 17.1 Å². The van der Waals surface area contributed by atoms with Gasteiger partial charge in [0.1, 0.15) is 23.7 Å². The number of rotatable bonds is 6. The topological polar surface area (TPSA) is 90.1 Å². The van der Waals surface area contributed by atoms with Crippen LogP contribution in [0.1, 0.15) is 54.8 Å². The normalized spacial score (nSPS) is 15.9. The molecule has 0 radical (unpaired) electrons. The van der Waals surface area contributed by atoms with Gasteiger partial charge in [0.25, 0.3) is 11.8 Å². The minimum absolute atomic E-state index is 0.00317. The lowest BCUT2D eigenvalue weighted by Crippen LogP contribution is -2.25. The van der Waals surface area contributed by atoms with Crippen molar-refractivity contribution in [3.05, 3.63) is 53.7 Å². The van der Waals surface area contributed by atoms with Crippen molar-refractivity contribution in [3.63, 3.8) is 0 Å². The van der Waals surface area contributed by atoms with Gasteiger partial charge in [-0.3, -0.25) is 4.79 Å². The van der Waals surface area contributed by atoms with E-state index >= 15 is 0 Å². The maximum Gasteiger partial charge on any atom is 0.294 e. The van der Waals surface area contributed by atoms with Gasteiger partial charge in [-0.15, -0.1) is 0 Å². The molecule has 0 bridgehead atoms. The summed E-state index contributed by atoms with van der Waals surface area (Å²) in [4.78, 5) is 21.1. The van der Waals surface area contributed by atoms with Crippen LogP contribution in [0.3, 0.4) is 0 Å². The summed E-state index contributed by atoms with van der Waals surface area (Å²) in [5, 5.41) is 6.21. The number of anilines is 1. The second-order valence-electron chi connectivity index (χ2n) is 7.65. The van der Waals surface area contributed by atoms with Crippen molar-refractivity contribution in [2.24, 2.45) is 0 Å². The maximum atomic E-state index is 14.6. The molecule has 0 spiro atoms. The molecule has 7 nitrogen and oxygen atoms in total. The Morgan fingerprint density at radius 2 is 1.97 bits per heavy atom. The molecule has 1 aliphatic carbocycles. The molecule has 174 valence electrons. The second kappa shape index (κ2) is 9.16. The Hall–Kier alpha value is -3.50.